The van der Waals surface area contributed by atoms with Crippen molar-refractivity contribution in [3.8, 4) is 28.7 Å². The van der Waals surface area contributed by atoms with Crippen LogP contribution in [0.15, 0.2) is 35.9 Å². The maximum absolute atomic E-state index is 12.3. The molecule has 3 rings (SSSR count). The lowest BCUT2D eigenvalue weighted by atomic mass is 10.0. The van der Waals surface area contributed by atoms with Crippen LogP contribution in [-0.2, 0) is 9.53 Å². The van der Waals surface area contributed by atoms with E-state index in [9.17, 15) is 15.0 Å². The number of methoxy groups -OCH3 is 3. The number of phenolic OH excluding ortho intramolecular Hbond substituents is 2. The Morgan fingerprint density at radius 2 is 1.63 bits per heavy atom. The lowest BCUT2D eigenvalue weighted by Crippen LogP contribution is -1.99. The van der Waals surface area contributed by atoms with Crippen molar-refractivity contribution in [1.82, 2.24) is 0 Å². The molecule has 0 bridgehead atoms. The van der Waals surface area contributed by atoms with Crippen LogP contribution < -0.4 is 14.2 Å². The number of phenols is 2. The van der Waals surface area contributed by atoms with Gasteiger partial charge in [0.25, 0.3) is 0 Å². The lowest BCUT2D eigenvalue weighted by molar-refractivity contribution is -0.139. The van der Waals surface area contributed by atoms with E-state index in [1.165, 1.54) is 27.4 Å². The summed E-state index contributed by atoms with van der Waals surface area (Å²) in [6, 6.07) is 8.04. The molecular weight excluding hydrogens is 352 g/mol. The Morgan fingerprint density at radius 3 is 2.22 bits per heavy atom. The molecule has 1 aliphatic heterocycles. The van der Waals surface area contributed by atoms with Crippen LogP contribution in [0.5, 0.6) is 28.7 Å². The first-order valence-corrected chi connectivity index (χ1v) is 8.20. The zero-order valence-corrected chi connectivity index (χ0v) is 15.2. The third-order valence-electron chi connectivity index (χ3n) is 4.34. The fourth-order valence-corrected chi connectivity index (χ4v) is 2.93. The smallest absolute Gasteiger partial charge is 0.334 e. The Bertz CT molecular complexity index is 876. The van der Waals surface area contributed by atoms with Crippen molar-refractivity contribution < 1.29 is 34.0 Å². The van der Waals surface area contributed by atoms with Gasteiger partial charge in [0.1, 0.15) is 6.10 Å². The van der Waals surface area contributed by atoms with Crippen molar-refractivity contribution in [2.75, 3.05) is 21.3 Å². The molecule has 7 heteroatoms. The number of carbonyl (C=O) groups excluding carboxylic acids is 1. The molecule has 0 aliphatic carbocycles. The molecule has 27 heavy (non-hydrogen) atoms. The summed E-state index contributed by atoms with van der Waals surface area (Å²) in [5, 5.41) is 19.7. The molecule has 1 unspecified atom stereocenters. The minimum absolute atomic E-state index is 0.0182. The molecule has 0 aromatic heterocycles. The van der Waals surface area contributed by atoms with E-state index in [4.69, 9.17) is 18.9 Å². The van der Waals surface area contributed by atoms with Gasteiger partial charge in [0.2, 0.25) is 5.75 Å². The number of ether oxygens (including phenoxy) is 4. The molecule has 0 amide bonds. The molecule has 142 valence electrons. The maximum Gasteiger partial charge on any atom is 0.334 e. The summed E-state index contributed by atoms with van der Waals surface area (Å²) >= 11 is 0. The van der Waals surface area contributed by atoms with E-state index in [-0.39, 0.29) is 23.0 Å². The SMILES string of the molecule is COc1cc(C2CC(=Cc3cc(OC)c(O)c(OC)c3)C(=O)O2)ccc1O. The van der Waals surface area contributed by atoms with Gasteiger partial charge < -0.3 is 29.2 Å². The molecule has 2 aromatic carbocycles. The number of aromatic hydroxyl groups is 2. The summed E-state index contributed by atoms with van der Waals surface area (Å²) in [5.41, 5.74) is 1.83. The van der Waals surface area contributed by atoms with Crippen molar-refractivity contribution in [2.24, 2.45) is 0 Å². The number of rotatable bonds is 5. The van der Waals surface area contributed by atoms with Gasteiger partial charge in [0, 0.05) is 12.0 Å². The van der Waals surface area contributed by atoms with Crippen LogP contribution in [0.2, 0.25) is 0 Å². The zero-order valence-electron chi connectivity index (χ0n) is 15.2. The minimum atomic E-state index is -0.473. The average molecular weight is 372 g/mol. The Labute approximate surface area is 156 Å². The Hall–Kier alpha value is -3.35. The molecule has 7 nitrogen and oxygen atoms in total. The van der Waals surface area contributed by atoms with Crippen LogP contribution in [-0.4, -0.2) is 37.5 Å². The van der Waals surface area contributed by atoms with Crippen LogP contribution in [0.3, 0.4) is 0 Å². The first-order chi connectivity index (χ1) is 13.0. The van der Waals surface area contributed by atoms with Crippen LogP contribution >= 0.6 is 0 Å². The molecule has 1 aliphatic rings. The molecule has 1 heterocycles. The average Bonchev–Trinajstić information content (AvgIpc) is 3.03. The summed E-state index contributed by atoms with van der Waals surface area (Å²) in [4.78, 5) is 12.3. The summed E-state index contributed by atoms with van der Waals surface area (Å²) in [7, 11) is 4.32. The lowest BCUT2D eigenvalue weighted by Gasteiger charge is -2.11. The topological polar surface area (TPSA) is 94.5 Å². The molecule has 1 fully saturated rings. The van der Waals surface area contributed by atoms with Crippen LogP contribution in [0, 0.1) is 0 Å². The van der Waals surface area contributed by atoms with Crippen molar-refractivity contribution in [1.29, 1.82) is 0 Å². The van der Waals surface area contributed by atoms with Crippen molar-refractivity contribution in [3.05, 3.63) is 47.0 Å². The molecule has 1 saturated heterocycles. The van der Waals surface area contributed by atoms with Crippen molar-refractivity contribution in [2.45, 2.75) is 12.5 Å². The summed E-state index contributed by atoms with van der Waals surface area (Å²) in [6.45, 7) is 0. The highest BCUT2D eigenvalue weighted by Crippen LogP contribution is 2.40. The molecule has 0 radical (unpaired) electrons. The fraction of sp³-hybridized carbons (Fsp3) is 0.250. The second-order valence-corrected chi connectivity index (χ2v) is 5.97. The monoisotopic (exact) mass is 372 g/mol. The molecule has 0 spiro atoms. The van der Waals surface area contributed by atoms with E-state index in [0.29, 0.717) is 23.3 Å². The van der Waals surface area contributed by atoms with Crippen molar-refractivity contribution in [3.63, 3.8) is 0 Å². The van der Waals surface area contributed by atoms with Gasteiger partial charge >= 0.3 is 5.97 Å². The van der Waals surface area contributed by atoms with Crippen LogP contribution in [0.4, 0.5) is 0 Å². The standard InChI is InChI=1S/C20H20O7/c1-24-16-9-12(4-5-14(16)21)15-10-13(20(23)27-15)6-11-7-17(25-2)19(22)18(8-11)26-3/h4-9,15,21-22H,10H2,1-3H3. The second-order valence-electron chi connectivity index (χ2n) is 5.97. The highest BCUT2D eigenvalue weighted by Gasteiger charge is 2.30. The van der Waals surface area contributed by atoms with E-state index < -0.39 is 12.1 Å². The van der Waals surface area contributed by atoms with Gasteiger partial charge in [-0.25, -0.2) is 4.79 Å². The van der Waals surface area contributed by atoms with Gasteiger partial charge in [-0.05, 0) is 41.5 Å². The van der Waals surface area contributed by atoms with Gasteiger partial charge in [-0.15, -0.1) is 0 Å². The quantitative estimate of drug-likeness (QED) is 0.615. The largest absolute Gasteiger partial charge is 0.504 e. The minimum Gasteiger partial charge on any atom is -0.504 e. The first kappa shape index (κ1) is 18.4. The van der Waals surface area contributed by atoms with Gasteiger partial charge in [-0.2, -0.15) is 0 Å². The molecule has 0 saturated carbocycles. The van der Waals surface area contributed by atoms with E-state index >= 15 is 0 Å². The summed E-state index contributed by atoms with van der Waals surface area (Å²) in [5.74, 6) is 0.279. The van der Waals surface area contributed by atoms with E-state index in [2.05, 4.69) is 0 Å². The van der Waals surface area contributed by atoms with E-state index in [0.717, 1.165) is 5.56 Å². The van der Waals surface area contributed by atoms with Crippen LogP contribution in [0.25, 0.3) is 6.08 Å². The predicted molar refractivity (Wildman–Crippen MR) is 97.3 cm³/mol. The predicted octanol–water partition coefficient (Wildman–Crippen LogP) is 3.20. The second kappa shape index (κ2) is 7.49. The molecule has 1 atom stereocenters. The van der Waals surface area contributed by atoms with Crippen LogP contribution in [0.1, 0.15) is 23.7 Å². The highest BCUT2D eigenvalue weighted by atomic mass is 16.6. The third kappa shape index (κ3) is 3.62. The number of hydrogen-bond acceptors (Lipinski definition) is 7. The number of carbonyl (C=O) groups is 1. The van der Waals surface area contributed by atoms with E-state index in [1.807, 2.05) is 0 Å². The summed E-state index contributed by atoms with van der Waals surface area (Å²) < 4.78 is 20.8. The number of cyclic esters (lactones) is 1. The van der Waals surface area contributed by atoms with Gasteiger partial charge in [-0.3, -0.25) is 0 Å². The highest BCUT2D eigenvalue weighted by molar-refractivity contribution is 5.96. The van der Waals surface area contributed by atoms with Gasteiger partial charge in [0.05, 0.1) is 21.3 Å². The fourth-order valence-electron chi connectivity index (χ4n) is 2.93. The van der Waals surface area contributed by atoms with Gasteiger partial charge in [0.15, 0.2) is 23.0 Å². The number of esters is 1. The molecular formula is C20H20O7. The third-order valence-corrected chi connectivity index (χ3v) is 4.34. The van der Waals surface area contributed by atoms with E-state index in [1.54, 1.807) is 30.3 Å². The zero-order chi connectivity index (χ0) is 19.6. The van der Waals surface area contributed by atoms with Crippen molar-refractivity contribution >= 4 is 12.0 Å². The molecule has 2 aromatic rings. The Kier molecular flexibility index (Phi) is 5.12. The summed E-state index contributed by atoms with van der Waals surface area (Å²) in [6.07, 6.45) is 1.56. The normalized spacial score (nSPS) is 17.7. The maximum atomic E-state index is 12.3. The Balaban J connectivity index is 1.90. The number of benzene rings is 2. The first-order valence-electron chi connectivity index (χ1n) is 8.20. The van der Waals surface area contributed by atoms with Gasteiger partial charge in [-0.1, -0.05) is 6.07 Å². The number of hydrogen-bond donors (Lipinski definition) is 2. The molecule has 2 N–H and O–H groups in total. The Morgan fingerprint density at radius 1 is 1.00 bits per heavy atom.